The van der Waals surface area contributed by atoms with Gasteiger partial charge in [-0.15, -0.1) is 0 Å². The van der Waals surface area contributed by atoms with Gasteiger partial charge in [0.1, 0.15) is 6.04 Å². The quantitative estimate of drug-likeness (QED) is 0.806. The Kier molecular flexibility index (Phi) is 5.96. The van der Waals surface area contributed by atoms with Gasteiger partial charge in [-0.25, -0.2) is 8.42 Å². The lowest BCUT2D eigenvalue weighted by Gasteiger charge is -2.24. The topological polar surface area (TPSA) is 74.7 Å². The standard InChI is InChI=1S/C18H18F3NO4S/c1-12-6-8-15(9-7-12)27(25,26)22(2)16(17(23)24)11-13-4-3-5-14(10-13)18(19,20)21/h3-10,16H,11H2,1-2H3,(H,23,24)/t16-/m1/s1. The van der Waals surface area contributed by atoms with Crippen LogP contribution < -0.4 is 0 Å². The average molecular weight is 401 g/mol. The molecule has 2 aromatic carbocycles. The molecule has 146 valence electrons. The van der Waals surface area contributed by atoms with Crippen LogP contribution in [0.25, 0.3) is 0 Å². The Balaban J connectivity index is 2.35. The van der Waals surface area contributed by atoms with Crippen LogP contribution in [-0.2, 0) is 27.4 Å². The average Bonchev–Trinajstić information content (AvgIpc) is 2.58. The van der Waals surface area contributed by atoms with Crippen LogP contribution in [0.1, 0.15) is 16.7 Å². The number of aliphatic carboxylic acids is 1. The van der Waals surface area contributed by atoms with Crippen molar-refractivity contribution < 1.29 is 31.5 Å². The van der Waals surface area contributed by atoms with E-state index in [-0.39, 0.29) is 10.5 Å². The summed E-state index contributed by atoms with van der Waals surface area (Å²) in [5.74, 6) is -1.45. The molecule has 0 radical (unpaired) electrons. The van der Waals surface area contributed by atoms with Crippen molar-refractivity contribution in [2.45, 2.75) is 30.5 Å². The summed E-state index contributed by atoms with van der Waals surface area (Å²) in [6.07, 6.45) is -4.98. The van der Waals surface area contributed by atoms with E-state index in [2.05, 4.69) is 0 Å². The fraction of sp³-hybridized carbons (Fsp3) is 0.278. The maximum absolute atomic E-state index is 12.8. The van der Waals surface area contributed by atoms with Crippen molar-refractivity contribution in [2.24, 2.45) is 0 Å². The Hall–Kier alpha value is -2.39. The van der Waals surface area contributed by atoms with Gasteiger partial charge in [0.15, 0.2) is 0 Å². The summed E-state index contributed by atoms with van der Waals surface area (Å²) in [7, 11) is -3.03. The number of hydrogen-bond donors (Lipinski definition) is 1. The number of hydrogen-bond acceptors (Lipinski definition) is 3. The third-order valence-electron chi connectivity index (χ3n) is 4.11. The second kappa shape index (κ2) is 7.69. The first-order valence-corrected chi connectivity index (χ1v) is 9.30. The molecule has 0 heterocycles. The van der Waals surface area contributed by atoms with Gasteiger partial charge in [-0.1, -0.05) is 35.9 Å². The zero-order valence-electron chi connectivity index (χ0n) is 14.6. The number of aryl methyl sites for hydroxylation is 1. The molecule has 0 amide bonds. The first kappa shape index (κ1) is 20.9. The van der Waals surface area contributed by atoms with Crippen molar-refractivity contribution >= 4 is 16.0 Å². The molecule has 0 spiro atoms. The maximum Gasteiger partial charge on any atom is 0.416 e. The number of benzene rings is 2. The lowest BCUT2D eigenvalue weighted by molar-refractivity contribution is -0.141. The molecule has 9 heteroatoms. The third kappa shape index (κ3) is 4.86. The summed E-state index contributed by atoms with van der Waals surface area (Å²) in [5, 5.41) is 9.46. The monoisotopic (exact) mass is 401 g/mol. The van der Waals surface area contributed by atoms with Gasteiger partial charge < -0.3 is 5.11 Å². The number of halogens is 3. The molecule has 0 saturated heterocycles. The van der Waals surface area contributed by atoms with Gasteiger partial charge >= 0.3 is 12.1 Å². The number of rotatable bonds is 6. The fourth-order valence-electron chi connectivity index (χ4n) is 2.51. The number of alkyl halides is 3. The smallest absolute Gasteiger partial charge is 0.416 e. The molecule has 1 N–H and O–H groups in total. The highest BCUT2D eigenvalue weighted by Gasteiger charge is 2.34. The number of carboxylic acid groups (broad SMARTS) is 1. The Bertz CT molecular complexity index is 924. The predicted molar refractivity (Wildman–Crippen MR) is 92.7 cm³/mol. The first-order valence-electron chi connectivity index (χ1n) is 7.86. The van der Waals surface area contributed by atoms with E-state index in [1.807, 2.05) is 0 Å². The number of nitrogens with zero attached hydrogens (tertiary/aromatic N) is 1. The van der Waals surface area contributed by atoms with Crippen LogP contribution in [0.5, 0.6) is 0 Å². The molecule has 1 atom stereocenters. The second-order valence-electron chi connectivity index (χ2n) is 6.09. The van der Waals surface area contributed by atoms with Gasteiger partial charge in [0.2, 0.25) is 10.0 Å². The van der Waals surface area contributed by atoms with Gasteiger partial charge in [0.25, 0.3) is 0 Å². The van der Waals surface area contributed by atoms with Crippen molar-refractivity contribution in [2.75, 3.05) is 7.05 Å². The molecule has 0 aromatic heterocycles. The fourth-order valence-corrected chi connectivity index (χ4v) is 3.83. The van der Waals surface area contributed by atoms with Crippen LogP contribution in [0.15, 0.2) is 53.4 Å². The van der Waals surface area contributed by atoms with Crippen molar-refractivity contribution in [3.63, 3.8) is 0 Å². The van der Waals surface area contributed by atoms with Crippen LogP contribution in [0, 0.1) is 6.92 Å². The van der Waals surface area contributed by atoms with Crippen molar-refractivity contribution in [3.8, 4) is 0 Å². The largest absolute Gasteiger partial charge is 0.480 e. The first-order chi connectivity index (χ1) is 12.4. The van der Waals surface area contributed by atoms with Crippen LogP contribution in [0.3, 0.4) is 0 Å². The Morgan fingerprint density at radius 2 is 1.74 bits per heavy atom. The molecular weight excluding hydrogens is 383 g/mol. The van der Waals surface area contributed by atoms with Crippen molar-refractivity contribution in [3.05, 3.63) is 65.2 Å². The van der Waals surface area contributed by atoms with E-state index >= 15 is 0 Å². The third-order valence-corrected chi connectivity index (χ3v) is 5.99. The Morgan fingerprint density at radius 1 is 1.15 bits per heavy atom. The molecule has 0 fully saturated rings. The van der Waals surface area contributed by atoms with Crippen LogP contribution in [-0.4, -0.2) is 36.9 Å². The zero-order chi connectivity index (χ0) is 20.4. The van der Waals surface area contributed by atoms with Gasteiger partial charge in [-0.05, 0) is 37.1 Å². The molecule has 0 aliphatic rings. The minimum Gasteiger partial charge on any atom is -0.480 e. The van der Waals surface area contributed by atoms with E-state index in [1.165, 1.54) is 18.2 Å². The molecule has 2 rings (SSSR count). The number of sulfonamides is 1. The molecule has 0 bridgehead atoms. The van der Waals surface area contributed by atoms with Gasteiger partial charge in [-0.2, -0.15) is 17.5 Å². The predicted octanol–water partition coefficient (Wildman–Crippen LogP) is 3.33. The molecule has 2 aromatic rings. The molecule has 5 nitrogen and oxygen atoms in total. The van der Waals surface area contributed by atoms with E-state index in [0.29, 0.717) is 4.31 Å². The van der Waals surface area contributed by atoms with Crippen LogP contribution in [0.4, 0.5) is 13.2 Å². The Morgan fingerprint density at radius 3 is 2.26 bits per heavy atom. The van der Waals surface area contributed by atoms with Gasteiger partial charge in [0.05, 0.1) is 10.5 Å². The number of carbonyl (C=O) groups is 1. The summed E-state index contributed by atoms with van der Waals surface area (Å²) in [5.41, 5.74) is -0.0216. The molecule has 27 heavy (non-hydrogen) atoms. The van der Waals surface area contributed by atoms with Gasteiger partial charge in [0, 0.05) is 7.05 Å². The molecule has 0 saturated carbocycles. The summed E-state index contributed by atoms with van der Waals surface area (Å²) < 4.78 is 64.6. The second-order valence-corrected chi connectivity index (χ2v) is 8.09. The highest BCUT2D eigenvalue weighted by atomic mass is 32.2. The maximum atomic E-state index is 12.8. The van der Waals surface area contributed by atoms with Crippen molar-refractivity contribution in [1.29, 1.82) is 0 Å². The number of carboxylic acids is 1. The summed E-state index contributed by atoms with van der Waals surface area (Å²) in [4.78, 5) is 11.5. The lowest BCUT2D eigenvalue weighted by Crippen LogP contribution is -2.43. The van der Waals surface area contributed by atoms with E-state index in [1.54, 1.807) is 19.1 Å². The minimum atomic E-state index is -4.57. The molecule has 0 unspecified atom stereocenters. The molecule has 0 aliphatic heterocycles. The Labute approximate surface area is 155 Å². The highest BCUT2D eigenvalue weighted by molar-refractivity contribution is 7.89. The normalized spacial score (nSPS) is 13.6. The van der Waals surface area contributed by atoms with Crippen LogP contribution in [0.2, 0.25) is 0 Å². The lowest BCUT2D eigenvalue weighted by atomic mass is 10.0. The van der Waals surface area contributed by atoms with E-state index in [0.717, 1.165) is 30.8 Å². The zero-order valence-corrected chi connectivity index (χ0v) is 15.4. The van der Waals surface area contributed by atoms with Gasteiger partial charge in [-0.3, -0.25) is 4.79 Å². The highest BCUT2D eigenvalue weighted by Crippen LogP contribution is 2.30. The minimum absolute atomic E-state index is 0.0724. The summed E-state index contributed by atoms with van der Waals surface area (Å²) >= 11 is 0. The van der Waals surface area contributed by atoms with E-state index < -0.39 is 40.2 Å². The SMILES string of the molecule is Cc1ccc(S(=O)(=O)N(C)[C@H](Cc2cccc(C(F)(F)F)c2)C(=O)O)cc1. The molecular formula is C18H18F3NO4S. The summed E-state index contributed by atoms with van der Waals surface area (Å²) in [6, 6.07) is 8.47. The summed E-state index contributed by atoms with van der Waals surface area (Å²) in [6.45, 7) is 1.77. The van der Waals surface area contributed by atoms with Crippen LogP contribution >= 0.6 is 0 Å². The van der Waals surface area contributed by atoms with E-state index in [9.17, 15) is 31.5 Å². The molecule has 0 aliphatic carbocycles. The van der Waals surface area contributed by atoms with Crippen molar-refractivity contribution in [1.82, 2.24) is 4.31 Å². The van der Waals surface area contributed by atoms with E-state index in [4.69, 9.17) is 0 Å². The number of likely N-dealkylation sites (N-methyl/N-ethyl adjacent to an activating group) is 1.